The number of rotatable bonds is 8. The summed E-state index contributed by atoms with van der Waals surface area (Å²) in [6, 6.07) is 26.5. The number of benzene rings is 2. The number of fused-ring (bicyclic) bond motifs is 2. The Morgan fingerprint density at radius 2 is 1.21 bits per heavy atom. The van der Waals surface area contributed by atoms with Gasteiger partial charge in [-0.1, -0.05) is 36.4 Å². The number of aromatic nitrogens is 6. The van der Waals surface area contributed by atoms with Gasteiger partial charge < -0.3 is 30.2 Å². The fourth-order valence-corrected chi connectivity index (χ4v) is 6.91. The van der Waals surface area contributed by atoms with Crippen LogP contribution in [0.15, 0.2) is 94.5 Å². The molecule has 6 heterocycles. The molecule has 58 heavy (non-hydrogen) atoms. The molecule has 0 unspecified atom stereocenters. The number of para-hydroxylation sites is 2. The number of nitrogens with one attached hydrogen (secondary N) is 3. The Morgan fingerprint density at radius 3 is 1.76 bits per heavy atom. The second-order valence-electron chi connectivity index (χ2n) is 14.2. The lowest BCUT2D eigenvalue weighted by Crippen LogP contribution is -2.49. The Bertz CT molecular complexity index is 2420. The van der Waals surface area contributed by atoms with Crippen LogP contribution in [0.4, 0.5) is 5.82 Å². The molecular formula is C43H50ClN9O5. The average Bonchev–Trinajstić information content (AvgIpc) is 3.23. The summed E-state index contributed by atoms with van der Waals surface area (Å²) in [5.41, 5.74) is 4.27. The van der Waals surface area contributed by atoms with Crippen LogP contribution in [0.25, 0.3) is 21.8 Å². The monoisotopic (exact) mass is 807 g/mol. The summed E-state index contributed by atoms with van der Waals surface area (Å²) < 4.78 is 0. The number of nitrogens with zero attached hydrogens (tertiary/aromatic N) is 6. The predicted octanol–water partition coefficient (Wildman–Crippen LogP) is 5.13. The Morgan fingerprint density at radius 1 is 0.672 bits per heavy atom. The van der Waals surface area contributed by atoms with Gasteiger partial charge in [-0.25, -0.2) is 15.0 Å². The van der Waals surface area contributed by atoms with Crippen molar-refractivity contribution >= 4 is 51.9 Å². The van der Waals surface area contributed by atoms with E-state index in [2.05, 4.69) is 65.2 Å². The summed E-state index contributed by atoms with van der Waals surface area (Å²) in [6.45, 7) is 9.21. The number of carbonyl (C=O) groups is 2. The van der Waals surface area contributed by atoms with Crippen molar-refractivity contribution in [3.8, 4) is 0 Å². The highest BCUT2D eigenvalue weighted by Crippen LogP contribution is 2.23. The van der Waals surface area contributed by atoms with Gasteiger partial charge in [0.25, 0.3) is 11.1 Å². The summed E-state index contributed by atoms with van der Waals surface area (Å²) in [7, 11) is 0. The van der Waals surface area contributed by atoms with Crippen molar-refractivity contribution < 1.29 is 14.7 Å². The maximum absolute atomic E-state index is 12.6. The summed E-state index contributed by atoms with van der Waals surface area (Å²) in [5.74, 6) is 1.79. The summed E-state index contributed by atoms with van der Waals surface area (Å²) in [4.78, 5) is 74.0. The minimum atomic E-state index is -0.907. The number of anilines is 1. The van der Waals surface area contributed by atoms with E-state index in [1.165, 1.54) is 18.5 Å². The van der Waals surface area contributed by atoms with Crippen molar-refractivity contribution in [1.82, 2.24) is 40.1 Å². The van der Waals surface area contributed by atoms with Crippen LogP contribution in [-0.4, -0.2) is 91.1 Å². The van der Waals surface area contributed by atoms with Gasteiger partial charge in [0.2, 0.25) is 5.91 Å². The van der Waals surface area contributed by atoms with Gasteiger partial charge in [0, 0.05) is 68.4 Å². The van der Waals surface area contributed by atoms with E-state index in [0.717, 1.165) is 43.4 Å². The molecule has 2 aliphatic rings. The van der Waals surface area contributed by atoms with Gasteiger partial charge in [-0.15, -0.1) is 12.4 Å². The number of pyridine rings is 2. The van der Waals surface area contributed by atoms with Crippen molar-refractivity contribution in [3.63, 3.8) is 0 Å². The van der Waals surface area contributed by atoms with Crippen molar-refractivity contribution in [3.05, 3.63) is 134 Å². The molecule has 0 aliphatic carbocycles. The molecule has 304 valence electrons. The van der Waals surface area contributed by atoms with Gasteiger partial charge in [0.05, 0.1) is 28.2 Å². The average molecular weight is 808 g/mol. The van der Waals surface area contributed by atoms with Gasteiger partial charge in [-0.3, -0.25) is 24.2 Å². The fraction of sp³-hybridized carbons (Fsp3) is 0.349. The minimum absolute atomic E-state index is 0. The van der Waals surface area contributed by atoms with Gasteiger partial charge in [-0.05, 0) is 88.3 Å². The maximum atomic E-state index is 12.6. The number of carboxylic acids is 1. The number of aryl methyl sites for hydroxylation is 4. The van der Waals surface area contributed by atoms with Crippen LogP contribution in [-0.2, 0) is 22.4 Å². The molecule has 0 saturated carbocycles. The van der Waals surface area contributed by atoms with E-state index in [4.69, 9.17) is 5.11 Å². The molecule has 14 nitrogen and oxygen atoms in total. The Kier molecular flexibility index (Phi) is 15.6. The number of carboxylic acid groups (broad SMARTS) is 1. The molecule has 0 atom stereocenters. The Balaban J connectivity index is 0.000000181. The first-order valence-corrected chi connectivity index (χ1v) is 19.4. The summed E-state index contributed by atoms with van der Waals surface area (Å²) in [6.07, 6.45) is 3.42. The van der Waals surface area contributed by atoms with Gasteiger partial charge >= 0.3 is 5.97 Å². The normalized spacial score (nSPS) is 14.1. The zero-order chi connectivity index (χ0) is 40.1. The van der Waals surface area contributed by atoms with Crippen LogP contribution in [0.3, 0.4) is 0 Å². The molecule has 0 bridgehead atoms. The van der Waals surface area contributed by atoms with Crippen LogP contribution in [0.5, 0.6) is 0 Å². The third kappa shape index (κ3) is 12.0. The molecule has 2 aromatic carbocycles. The topological polar surface area (TPSA) is 190 Å². The maximum Gasteiger partial charge on any atom is 0.303 e. The van der Waals surface area contributed by atoms with Crippen molar-refractivity contribution in [2.45, 2.75) is 58.3 Å². The second-order valence-corrected chi connectivity index (χ2v) is 14.2. The van der Waals surface area contributed by atoms with Crippen molar-refractivity contribution in [1.29, 1.82) is 0 Å². The molecule has 4 aromatic heterocycles. The third-order valence-electron chi connectivity index (χ3n) is 9.97. The minimum Gasteiger partial charge on any atom is -0.481 e. The van der Waals surface area contributed by atoms with Gasteiger partial charge in [0.1, 0.15) is 17.5 Å². The molecule has 6 aromatic rings. The molecular weight excluding hydrogens is 758 g/mol. The molecule has 1 amide bonds. The molecule has 4 N–H and O–H groups in total. The first-order chi connectivity index (χ1) is 27.6. The standard InChI is InChI=1S/C21H23N5O2.C11H10N2O3.C11H16N2.ClH/c1-15-5-4-8-19(22-15)25-11-13-26(14-12-25)20(27)10-9-18-23-17-7-3-2-6-16(17)21(28)24-18;14-10(15)6-5-9-12-8-4-2-1-3-7(8)11(16)13-9;1-9-3-2-4-11(13-9)10-5-7-12-8-6-10;/h2-8H,9-14H2,1H3,(H,23,24,28);1-4H,5-6H2,(H,14,15)(H,12,13,16);2-4,10,12H,5-8H2,1H3;1H. The highest BCUT2D eigenvalue weighted by molar-refractivity contribution is 5.85. The SMILES string of the molecule is Cc1cccc(C2CCNCC2)n1.Cc1cccc(N2CCN(C(=O)CCc3nc4ccccc4c(=O)[nH]3)CC2)n1.Cl.O=C(O)CCc1nc2ccccc2c(=O)[nH]1. The van der Waals surface area contributed by atoms with Crippen LogP contribution >= 0.6 is 12.4 Å². The molecule has 15 heteroatoms. The Hall–Kier alpha value is -5.99. The first kappa shape index (κ1) is 43.1. The number of halogens is 1. The number of aromatic amines is 2. The fourth-order valence-electron chi connectivity index (χ4n) is 6.91. The molecule has 2 fully saturated rings. The largest absolute Gasteiger partial charge is 0.481 e. The van der Waals surface area contributed by atoms with Gasteiger partial charge in [-0.2, -0.15) is 0 Å². The number of aliphatic carboxylic acids is 1. The summed E-state index contributed by atoms with van der Waals surface area (Å²) in [5, 5.41) is 13.0. The number of amides is 1. The quantitative estimate of drug-likeness (QED) is 0.160. The lowest BCUT2D eigenvalue weighted by atomic mass is 9.94. The highest BCUT2D eigenvalue weighted by atomic mass is 35.5. The molecule has 0 radical (unpaired) electrons. The first-order valence-electron chi connectivity index (χ1n) is 19.4. The molecule has 2 saturated heterocycles. The lowest BCUT2D eigenvalue weighted by Gasteiger charge is -2.35. The molecule has 2 aliphatic heterocycles. The molecule has 8 rings (SSSR count). The van der Waals surface area contributed by atoms with Crippen LogP contribution < -0.4 is 21.3 Å². The van der Waals surface area contributed by atoms with Crippen LogP contribution in [0.1, 0.15) is 60.3 Å². The number of piperazine rings is 1. The van der Waals surface area contributed by atoms with E-state index >= 15 is 0 Å². The van der Waals surface area contributed by atoms with E-state index in [9.17, 15) is 19.2 Å². The van der Waals surface area contributed by atoms with E-state index in [0.29, 0.717) is 65.3 Å². The van der Waals surface area contributed by atoms with Crippen molar-refractivity contribution in [2.24, 2.45) is 0 Å². The highest BCUT2D eigenvalue weighted by Gasteiger charge is 2.22. The predicted molar refractivity (Wildman–Crippen MR) is 228 cm³/mol. The van der Waals surface area contributed by atoms with E-state index in [1.807, 2.05) is 48.2 Å². The van der Waals surface area contributed by atoms with E-state index < -0.39 is 5.97 Å². The number of piperidine rings is 1. The number of H-pyrrole nitrogens is 2. The second kappa shape index (κ2) is 21.0. The number of hydrogen-bond acceptors (Lipinski definition) is 10. The lowest BCUT2D eigenvalue weighted by molar-refractivity contribution is -0.137. The van der Waals surface area contributed by atoms with Crippen LogP contribution in [0, 0.1) is 13.8 Å². The zero-order valence-corrected chi connectivity index (χ0v) is 33.6. The van der Waals surface area contributed by atoms with Crippen LogP contribution in [0.2, 0.25) is 0 Å². The van der Waals surface area contributed by atoms with E-state index in [1.54, 1.807) is 30.3 Å². The van der Waals surface area contributed by atoms with Crippen molar-refractivity contribution in [2.75, 3.05) is 44.2 Å². The van der Waals surface area contributed by atoms with Gasteiger partial charge in [0.15, 0.2) is 0 Å². The number of hydrogen-bond donors (Lipinski definition) is 4. The van der Waals surface area contributed by atoms with E-state index in [-0.39, 0.29) is 42.3 Å². The summed E-state index contributed by atoms with van der Waals surface area (Å²) >= 11 is 0. The Labute approximate surface area is 342 Å². The third-order valence-corrected chi connectivity index (χ3v) is 9.97. The molecule has 0 spiro atoms. The smallest absolute Gasteiger partial charge is 0.303 e. The zero-order valence-electron chi connectivity index (χ0n) is 32.8. The number of carbonyl (C=O) groups excluding carboxylic acids is 1.